The van der Waals surface area contributed by atoms with Crippen molar-refractivity contribution in [3.63, 3.8) is 0 Å². The molecule has 0 amide bonds. The first kappa shape index (κ1) is 22.8. The first-order valence-corrected chi connectivity index (χ1v) is 19.7. The lowest BCUT2D eigenvalue weighted by atomic mass is 10.1. The summed E-state index contributed by atoms with van der Waals surface area (Å²) in [6.45, 7) is 10.4. The number of hydrogen-bond acceptors (Lipinski definition) is 0. The summed E-state index contributed by atoms with van der Waals surface area (Å²) in [5.41, 5.74) is 12.2. The van der Waals surface area contributed by atoms with Crippen molar-refractivity contribution in [1.82, 2.24) is 0 Å². The van der Waals surface area contributed by atoms with E-state index >= 15 is 0 Å². The maximum Gasteiger partial charge on any atom is 0.0810 e. The van der Waals surface area contributed by atoms with Crippen LogP contribution in [0.15, 0.2) is 84.9 Å². The minimum absolute atomic E-state index is 1.12. The van der Waals surface area contributed by atoms with Crippen LogP contribution in [0.5, 0.6) is 0 Å². The van der Waals surface area contributed by atoms with Crippen molar-refractivity contribution in [2.24, 2.45) is 0 Å². The summed E-state index contributed by atoms with van der Waals surface area (Å²) >= 11 is 0. The molecule has 0 fully saturated rings. The van der Waals surface area contributed by atoms with Crippen LogP contribution in [0, 0.1) is 0 Å². The topological polar surface area (TPSA) is 0 Å². The fraction of sp³-hybridized carbons (Fsp3) is 0.273. The molecule has 0 aliphatic heterocycles. The molecule has 0 heterocycles. The molecule has 0 atom stereocenters. The lowest BCUT2D eigenvalue weighted by molar-refractivity contribution is 1.02. The molecule has 2 heteroatoms. The fourth-order valence-corrected chi connectivity index (χ4v) is 13.0. The van der Waals surface area contributed by atoms with Gasteiger partial charge in [-0.15, -0.1) is 0 Å². The Morgan fingerprint density at radius 1 is 0.486 bits per heavy atom. The van der Waals surface area contributed by atoms with Gasteiger partial charge >= 0.3 is 0 Å². The lowest BCUT2D eigenvalue weighted by Gasteiger charge is -2.30. The molecule has 0 saturated carbocycles. The maximum absolute atomic E-state index is 2.61. The molecule has 0 aromatic heterocycles. The highest BCUT2D eigenvalue weighted by molar-refractivity contribution is 6.91. The Labute approximate surface area is 213 Å². The van der Waals surface area contributed by atoms with Gasteiger partial charge in [0.1, 0.15) is 0 Å². The summed E-state index contributed by atoms with van der Waals surface area (Å²) in [5.74, 6) is 0. The average Bonchev–Trinajstić information content (AvgIpc) is 3.42. The molecular formula is C33H36Si2. The van der Waals surface area contributed by atoms with Crippen molar-refractivity contribution in [1.29, 1.82) is 0 Å². The molecule has 0 radical (unpaired) electrons. The van der Waals surface area contributed by atoms with Gasteiger partial charge < -0.3 is 0 Å². The first-order valence-electron chi connectivity index (χ1n) is 13.3. The van der Waals surface area contributed by atoms with Gasteiger partial charge in [-0.2, -0.15) is 0 Å². The lowest BCUT2D eigenvalue weighted by Crippen LogP contribution is -2.46. The molecule has 4 aromatic rings. The van der Waals surface area contributed by atoms with Gasteiger partial charge in [0.05, 0.1) is 16.1 Å². The van der Waals surface area contributed by atoms with Gasteiger partial charge in [-0.05, 0) is 57.3 Å². The highest BCUT2D eigenvalue weighted by Crippen LogP contribution is 2.38. The molecule has 2 aliphatic carbocycles. The number of benzene rings is 4. The summed E-state index contributed by atoms with van der Waals surface area (Å²) in [6.07, 6.45) is 3.59. The van der Waals surface area contributed by atoms with Crippen molar-refractivity contribution >= 4 is 26.5 Å². The van der Waals surface area contributed by atoms with Gasteiger partial charge in [0.15, 0.2) is 0 Å². The molecule has 0 bridgehead atoms. The van der Waals surface area contributed by atoms with Gasteiger partial charge in [-0.1, -0.05) is 140 Å². The van der Waals surface area contributed by atoms with Crippen LogP contribution in [0.4, 0.5) is 0 Å². The number of fused-ring (bicyclic) bond motifs is 6. The van der Waals surface area contributed by atoms with E-state index in [0.29, 0.717) is 0 Å². The largest absolute Gasteiger partial charge is 0.0810 e. The minimum atomic E-state index is -1.53. The van der Waals surface area contributed by atoms with Crippen molar-refractivity contribution in [2.75, 3.05) is 0 Å². The summed E-state index contributed by atoms with van der Waals surface area (Å²) in [6, 6.07) is 35.0. The smallest absolute Gasteiger partial charge is 0.0654 e. The minimum Gasteiger partial charge on any atom is -0.0654 e. The average molecular weight is 489 g/mol. The number of rotatable bonds is 6. The summed E-state index contributed by atoms with van der Waals surface area (Å²) in [4.78, 5) is 0. The van der Waals surface area contributed by atoms with Crippen LogP contribution < -0.4 is 10.4 Å². The second-order valence-corrected chi connectivity index (χ2v) is 21.6. The third kappa shape index (κ3) is 3.88. The zero-order valence-corrected chi connectivity index (χ0v) is 23.6. The molecule has 0 unspecified atom stereocenters. The second-order valence-electron chi connectivity index (χ2n) is 12.0. The first-order chi connectivity index (χ1) is 16.9. The van der Waals surface area contributed by atoms with E-state index in [0.717, 1.165) is 12.8 Å². The van der Waals surface area contributed by atoms with E-state index in [1.54, 1.807) is 21.5 Å². The third-order valence-electron chi connectivity index (χ3n) is 8.76. The molecule has 0 nitrogen and oxygen atoms in total. The van der Waals surface area contributed by atoms with Crippen LogP contribution in [0.2, 0.25) is 38.3 Å². The van der Waals surface area contributed by atoms with E-state index in [1.807, 2.05) is 0 Å². The quantitative estimate of drug-likeness (QED) is 0.210. The standard InChI is InChI=1S/C33H36Si2/c1-34(2,32-18-9-16-28-26-14-7-5-12-24(26)22-30(28)32)20-11-21-35(3,4)33-19-10-17-29-27-15-8-6-13-25(27)23-31(29)33/h5-10,12-19H,11,20-23H2,1-4H3. The summed E-state index contributed by atoms with van der Waals surface area (Å²) in [7, 11) is -3.05. The molecule has 35 heavy (non-hydrogen) atoms. The van der Waals surface area contributed by atoms with Crippen molar-refractivity contribution in [3.05, 3.63) is 107 Å². The van der Waals surface area contributed by atoms with Crippen LogP contribution >= 0.6 is 0 Å². The van der Waals surface area contributed by atoms with Gasteiger partial charge in [0.2, 0.25) is 0 Å². The molecule has 0 spiro atoms. The van der Waals surface area contributed by atoms with Crippen molar-refractivity contribution in [3.8, 4) is 22.3 Å². The zero-order chi connectivity index (χ0) is 24.2. The van der Waals surface area contributed by atoms with Crippen LogP contribution in [0.3, 0.4) is 0 Å². The molecule has 176 valence electrons. The van der Waals surface area contributed by atoms with Crippen molar-refractivity contribution < 1.29 is 0 Å². The van der Waals surface area contributed by atoms with Gasteiger partial charge in [0, 0.05) is 0 Å². The fourth-order valence-electron chi connectivity index (χ4n) is 6.82. The Bertz CT molecular complexity index is 1320. The second kappa shape index (κ2) is 8.46. The number of hydrogen-bond donors (Lipinski definition) is 0. The Hall–Kier alpha value is -2.69. The van der Waals surface area contributed by atoms with E-state index in [4.69, 9.17) is 0 Å². The predicted molar refractivity (Wildman–Crippen MR) is 158 cm³/mol. The molecule has 4 aromatic carbocycles. The molecule has 0 N–H and O–H groups in total. The van der Waals surface area contributed by atoms with E-state index in [1.165, 1.54) is 51.9 Å². The monoisotopic (exact) mass is 488 g/mol. The Morgan fingerprint density at radius 3 is 1.34 bits per heavy atom. The summed E-state index contributed by atoms with van der Waals surface area (Å²) in [5, 5.41) is 3.39. The molecule has 6 rings (SSSR count). The van der Waals surface area contributed by atoms with Crippen molar-refractivity contribution in [2.45, 2.75) is 57.5 Å². The summed E-state index contributed by atoms with van der Waals surface area (Å²) < 4.78 is 0. The van der Waals surface area contributed by atoms with E-state index in [9.17, 15) is 0 Å². The normalized spacial score (nSPS) is 13.8. The van der Waals surface area contributed by atoms with E-state index in [2.05, 4.69) is 111 Å². The van der Waals surface area contributed by atoms with E-state index in [-0.39, 0.29) is 0 Å². The zero-order valence-electron chi connectivity index (χ0n) is 21.6. The van der Waals surface area contributed by atoms with Crippen LogP contribution in [-0.4, -0.2) is 16.1 Å². The van der Waals surface area contributed by atoms with E-state index < -0.39 is 16.1 Å². The third-order valence-corrected chi connectivity index (χ3v) is 15.8. The predicted octanol–water partition coefficient (Wildman–Crippen LogP) is 7.75. The molecule has 2 aliphatic rings. The Morgan fingerprint density at radius 2 is 0.886 bits per heavy atom. The molecular weight excluding hydrogens is 453 g/mol. The van der Waals surface area contributed by atoms with Gasteiger partial charge in [-0.3, -0.25) is 0 Å². The SMILES string of the molecule is C[Si](C)(CCC[Si](C)(C)c1cccc2c1Cc1ccccc1-2)c1cccc2c1Cc1ccccc1-2. The maximum atomic E-state index is 2.61. The Kier molecular flexibility index (Phi) is 5.50. The molecule has 0 saturated heterocycles. The highest BCUT2D eigenvalue weighted by Gasteiger charge is 2.33. The highest BCUT2D eigenvalue weighted by atomic mass is 28.3. The van der Waals surface area contributed by atoms with Gasteiger partial charge in [0.25, 0.3) is 0 Å². The van der Waals surface area contributed by atoms with Crippen LogP contribution in [-0.2, 0) is 12.8 Å². The van der Waals surface area contributed by atoms with Crippen LogP contribution in [0.25, 0.3) is 22.3 Å². The Balaban J connectivity index is 1.21. The van der Waals surface area contributed by atoms with Gasteiger partial charge in [-0.25, -0.2) is 0 Å². The van der Waals surface area contributed by atoms with Crippen LogP contribution in [0.1, 0.15) is 28.7 Å².